The van der Waals surface area contributed by atoms with Crippen molar-refractivity contribution < 1.29 is 10.0 Å². The standard InChI is InChI=1S/C13H19N7O2/c14-5-4-6-16-13(21)18-11-9-10(17-12(15)20(11)22)19-7-2-1-3-8-19/h9,22H,1-4,6-8H2,(H2,15,17)(H,16,21). The molecule has 4 N–H and O–H groups in total. The largest absolute Gasteiger partial charge is 0.423 e. The molecule has 9 heteroatoms. The van der Waals surface area contributed by atoms with Gasteiger partial charge in [0.1, 0.15) is 5.82 Å². The summed E-state index contributed by atoms with van der Waals surface area (Å²) in [5.74, 6) is 0.456. The Morgan fingerprint density at radius 1 is 1.50 bits per heavy atom. The molecule has 2 amide bonds. The second kappa shape index (κ2) is 7.31. The summed E-state index contributed by atoms with van der Waals surface area (Å²) in [5.41, 5.74) is 5.67. The number of hydrogen-bond donors (Lipinski definition) is 3. The smallest absolute Gasteiger partial charge is 0.343 e. The van der Waals surface area contributed by atoms with Crippen LogP contribution in [0.2, 0.25) is 0 Å². The minimum Gasteiger partial charge on any atom is -0.423 e. The van der Waals surface area contributed by atoms with Gasteiger partial charge in [-0.05, 0) is 19.3 Å². The molecule has 22 heavy (non-hydrogen) atoms. The van der Waals surface area contributed by atoms with Crippen LogP contribution in [0.3, 0.4) is 0 Å². The Bertz CT molecular complexity index is 641. The van der Waals surface area contributed by atoms with E-state index in [2.05, 4.69) is 15.3 Å². The maximum atomic E-state index is 11.7. The van der Waals surface area contributed by atoms with Crippen LogP contribution in [0.5, 0.6) is 0 Å². The Morgan fingerprint density at radius 2 is 2.23 bits per heavy atom. The van der Waals surface area contributed by atoms with E-state index in [0.717, 1.165) is 25.9 Å². The number of aromatic nitrogens is 2. The molecule has 1 aliphatic heterocycles. The molecule has 9 nitrogen and oxygen atoms in total. The van der Waals surface area contributed by atoms with Gasteiger partial charge in [-0.25, -0.2) is 4.79 Å². The quantitative estimate of drug-likeness (QED) is 0.540. The molecule has 1 aliphatic rings. The van der Waals surface area contributed by atoms with E-state index < -0.39 is 6.03 Å². The summed E-state index contributed by atoms with van der Waals surface area (Å²) in [6.45, 7) is 1.91. The molecule has 0 bridgehead atoms. The van der Waals surface area contributed by atoms with Gasteiger partial charge in [0.05, 0.1) is 12.5 Å². The molecule has 118 valence electrons. The van der Waals surface area contributed by atoms with Gasteiger partial charge < -0.3 is 21.2 Å². The molecule has 0 spiro atoms. The number of nitriles is 1. The van der Waals surface area contributed by atoms with E-state index in [-0.39, 0.29) is 24.4 Å². The number of hydrogen-bond acceptors (Lipinski definition) is 6. The van der Waals surface area contributed by atoms with Gasteiger partial charge in [0, 0.05) is 25.7 Å². The molecule has 0 atom stereocenters. The lowest BCUT2D eigenvalue weighted by Gasteiger charge is -2.27. The van der Waals surface area contributed by atoms with Gasteiger partial charge in [-0.3, -0.25) is 0 Å². The van der Waals surface area contributed by atoms with E-state index in [0.29, 0.717) is 10.5 Å². The van der Waals surface area contributed by atoms with Crippen molar-refractivity contribution in [3.8, 4) is 6.07 Å². The number of amides is 2. The minimum atomic E-state index is -0.645. The normalized spacial score (nSPS) is 15.4. The number of anilines is 2. The predicted octanol–water partition coefficient (Wildman–Crippen LogP) is 0.217. The predicted molar refractivity (Wildman–Crippen MR) is 79.1 cm³/mol. The number of carbonyl (C=O) groups is 1. The lowest BCUT2D eigenvalue weighted by molar-refractivity contribution is 0.174. The molecule has 2 heterocycles. The molecule has 1 aromatic rings. The molecule has 1 aromatic heterocycles. The van der Waals surface area contributed by atoms with Gasteiger partial charge in [-0.2, -0.15) is 15.2 Å². The fraction of sp³-hybridized carbons (Fsp3) is 0.538. The van der Waals surface area contributed by atoms with Gasteiger partial charge >= 0.3 is 6.03 Å². The summed E-state index contributed by atoms with van der Waals surface area (Å²) in [7, 11) is 0. The van der Waals surface area contributed by atoms with Crippen LogP contribution in [0.1, 0.15) is 25.7 Å². The first-order valence-corrected chi connectivity index (χ1v) is 7.15. The van der Waals surface area contributed by atoms with Crippen LogP contribution in [0.15, 0.2) is 11.1 Å². The van der Waals surface area contributed by atoms with E-state index >= 15 is 0 Å². The molecular weight excluding hydrogens is 286 g/mol. The first kappa shape index (κ1) is 15.6. The molecule has 0 aromatic carbocycles. The second-order valence-corrected chi connectivity index (χ2v) is 4.94. The summed E-state index contributed by atoms with van der Waals surface area (Å²) in [6.07, 6.45) is 3.50. The third-order valence-electron chi connectivity index (χ3n) is 3.33. The average molecular weight is 305 g/mol. The van der Waals surface area contributed by atoms with E-state index in [9.17, 15) is 10.0 Å². The van der Waals surface area contributed by atoms with Crippen molar-refractivity contribution >= 4 is 17.8 Å². The Kier molecular flexibility index (Phi) is 5.19. The number of nitrogens with zero attached hydrogens (tertiary/aromatic N) is 5. The van der Waals surface area contributed by atoms with Gasteiger partial charge in [-0.15, -0.1) is 4.73 Å². The molecule has 1 saturated heterocycles. The SMILES string of the molecule is N#CCCNC(=O)N=c1cc(N2CCCCC2)nc(N)n1O. The van der Waals surface area contributed by atoms with Crippen LogP contribution in [0.25, 0.3) is 0 Å². The zero-order chi connectivity index (χ0) is 15.9. The van der Waals surface area contributed by atoms with Crippen LogP contribution in [-0.4, -0.2) is 40.6 Å². The molecule has 1 fully saturated rings. The van der Waals surface area contributed by atoms with Crippen LogP contribution >= 0.6 is 0 Å². The summed E-state index contributed by atoms with van der Waals surface area (Å²) in [5, 5.41) is 20.7. The summed E-state index contributed by atoms with van der Waals surface area (Å²) < 4.78 is 0.567. The number of nitrogens with two attached hydrogens (primary N) is 1. The highest BCUT2D eigenvalue weighted by atomic mass is 16.5. The summed E-state index contributed by atoms with van der Waals surface area (Å²) in [6, 6.07) is 2.79. The van der Waals surface area contributed by atoms with Gasteiger partial charge in [0.2, 0.25) is 5.95 Å². The molecule has 0 saturated carbocycles. The van der Waals surface area contributed by atoms with Gasteiger partial charge in [0.25, 0.3) is 0 Å². The molecule has 0 unspecified atom stereocenters. The number of urea groups is 1. The Balaban J connectivity index is 2.24. The van der Waals surface area contributed by atoms with Crippen molar-refractivity contribution in [2.75, 3.05) is 30.3 Å². The average Bonchev–Trinajstić information content (AvgIpc) is 2.52. The number of carbonyl (C=O) groups excluding carboxylic acids is 1. The fourth-order valence-corrected chi connectivity index (χ4v) is 2.22. The van der Waals surface area contributed by atoms with Crippen LogP contribution in [0, 0.1) is 11.3 Å². The summed E-state index contributed by atoms with van der Waals surface area (Å²) >= 11 is 0. The van der Waals surface area contributed by atoms with E-state index in [4.69, 9.17) is 11.0 Å². The number of nitrogen functional groups attached to an aromatic ring is 1. The van der Waals surface area contributed by atoms with Crippen LogP contribution in [-0.2, 0) is 0 Å². The van der Waals surface area contributed by atoms with E-state index in [1.807, 2.05) is 11.0 Å². The molecule has 0 radical (unpaired) electrons. The minimum absolute atomic E-state index is 0.00234. The molecular formula is C13H19N7O2. The van der Waals surface area contributed by atoms with Crippen molar-refractivity contribution in [2.45, 2.75) is 25.7 Å². The highest BCUT2D eigenvalue weighted by Gasteiger charge is 2.14. The Morgan fingerprint density at radius 3 is 2.91 bits per heavy atom. The van der Waals surface area contributed by atoms with Crippen molar-refractivity contribution in [1.82, 2.24) is 15.0 Å². The van der Waals surface area contributed by atoms with Crippen molar-refractivity contribution in [3.05, 3.63) is 11.6 Å². The lowest BCUT2D eigenvalue weighted by atomic mass is 10.1. The first-order chi connectivity index (χ1) is 10.6. The van der Waals surface area contributed by atoms with E-state index in [1.165, 1.54) is 12.5 Å². The second-order valence-electron chi connectivity index (χ2n) is 4.94. The Labute approximate surface area is 127 Å². The zero-order valence-electron chi connectivity index (χ0n) is 12.2. The Hall–Kier alpha value is -2.76. The maximum absolute atomic E-state index is 11.7. The van der Waals surface area contributed by atoms with Crippen LogP contribution in [0.4, 0.5) is 16.6 Å². The third-order valence-corrected chi connectivity index (χ3v) is 3.33. The van der Waals surface area contributed by atoms with Crippen molar-refractivity contribution in [3.63, 3.8) is 0 Å². The lowest BCUT2D eigenvalue weighted by Crippen LogP contribution is -2.34. The molecule has 0 aliphatic carbocycles. The highest BCUT2D eigenvalue weighted by Crippen LogP contribution is 2.16. The molecule has 2 rings (SSSR count). The summed E-state index contributed by atoms with van der Waals surface area (Å²) in [4.78, 5) is 21.6. The number of piperidine rings is 1. The van der Waals surface area contributed by atoms with Crippen molar-refractivity contribution in [2.24, 2.45) is 4.99 Å². The maximum Gasteiger partial charge on any atom is 0.343 e. The zero-order valence-corrected chi connectivity index (χ0v) is 12.2. The number of rotatable bonds is 3. The van der Waals surface area contributed by atoms with Crippen molar-refractivity contribution in [1.29, 1.82) is 5.26 Å². The first-order valence-electron chi connectivity index (χ1n) is 7.15. The van der Waals surface area contributed by atoms with Crippen LogP contribution < -0.4 is 21.4 Å². The fourth-order valence-electron chi connectivity index (χ4n) is 2.22. The van der Waals surface area contributed by atoms with Gasteiger partial charge in [0.15, 0.2) is 5.49 Å². The van der Waals surface area contributed by atoms with Gasteiger partial charge in [-0.1, -0.05) is 0 Å². The monoisotopic (exact) mass is 305 g/mol. The van der Waals surface area contributed by atoms with E-state index in [1.54, 1.807) is 0 Å². The third kappa shape index (κ3) is 3.88. The highest BCUT2D eigenvalue weighted by molar-refractivity contribution is 5.74. The number of nitrogens with one attached hydrogen (secondary N) is 1. The topological polar surface area (TPSA) is 133 Å².